The van der Waals surface area contributed by atoms with Crippen molar-refractivity contribution < 1.29 is 29.7 Å². The molecule has 0 aromatic carbocycles. The molecule has 2 atom stereocenters. The second-order valence-corrected chi connectivity index (χ2v) is 6.48. The van der Waals surface area contributed by atoms with Crippen molar-refractivity contribution in [2.24, 2.45) is 0 Å². The lowest BCUT2D eigenvalue weighted by Gasteiger charge is -2.34. The van der Waals surface area contributed by atoms with Crippen molar-refractivity contribution in [1.29, 1.82) is 0 Å². The number of aliphatic hydroxyl groups is 1. The third-order valence-corrected chi connectivity index (χ3v) is 4.08. The molecule has 2 saturated heterocycles. The quantitative estimate of drug-likeness (QED) is 0.393. The van der Waals surface area contributed by atoms with E-state index in [1.165, 1.54) is 0 Å². The molecule has 0 aromatic heterocycles. The van der Waals surface area contributed by atoms with Crippen molar-refractivity contribution in [3.8, 4) is 0 Å². The second kappa shape index (κ2) is 14.3. The zero-order chi connectivity index (χ0) is 20.8. The summed E-state index contributed by atoms with van der Waals surface area (Å²) >= 11 is 0. The number of carboxylic acids is 2. The molecule has 10 heteroatoms. The van der Waals surface area contributed by atoms with Crippen LogP contribution >= 0.6 is 0 Å². The van der Waals surface area contributed by atoms with Crippen molar-refractivity contribution in [3.63, 3.8) is 0 Å². The number of likely N-dealkylation sites (N-methyl/N-ethyl adjacent to an activating group) is 1. The molecule has 2 rings (SSSR count). The van der Waals surface area contributed by atoms with Crippen molar-refractivity contribution in [2.45, 2.75) is 39.3 Å². The second-order valence-electron chi connectivity index (χ2n) is 6.48. The van der Waals surface area contributed by atoms with Crippen LogP contribution in [-0.4, -0.2) is 107 Å². The molecule has 0 saturated carbocycles. The van der Waals surface area contributed by atoms with Crippen LogP contribution in [0, 0.1) is 0 Å². The van der Waals surface area contributed by atoms with Crippen molar-refractivity contribution in [3.05, 3.63) is 0 Å². The Kier molecular flexibility index (Phi) is 13.4. The van der Waals surface area contributed by atoms with Gasteiger partial charge in [0, 0.05) is 46.6 Å². The van der Waals surface area contributed by atoms with Crippen molar-refractivity contribution in [2.75, 3.05) is 52.4 Å². The molecule has 0 bridgehead atoms. The number of nitrogens with zero attached hydrogens (tertiary/aromatic N) is 2. The maximum absolute atomic E-state index is 12.0. The molecule has 2 aliphatic rings. The molecule has 0 radical (unpaired) electrons. The lowest BCUT2D eigenvalue weighted by atomic mass is 10.0. The minimum Gasteiger partial charge on any atom is -0.481 e. The van der Waals surface area contributed by atoms with Crippen LogP contribution in [0.3, 0.4) is 0 Å². The number of carbonyl (C=O) groups excluding carboxylic acids is 1. The molecule has 2 heterocycles. The highest BCUT2D eigenvalue weighted by Crippen LogP contribution is 2.04. The van der Waals surface area contributed by atoms with Crippen LogP contribution in [0.2, 0.25) is 0 Å². The fourth-order valence-electron chi connectivity index (χ4n) is 2.73. The third kappa shape index (κ3) is 14.0. The van der Waals surface area contributed by atoms with Crippen molar-refractivity contribution in [1.82, 2.24) is 20.4 Å². The average molecular weight is 390 g/mol. The van der Waals surface area contributed by atoms with Gasteiger partial charge in [-0.2, -0.15) is 0 Å². The Labute approximate surface area is 160 Å². The lowest BCUT2D eigenvalue weighted by Crippen LogP contribution is -2.55. The summed E-state index contributed by atoms with van der Waals surface area (Å²) in [6.45, 7) is 11.3. The minimum absolute atomic E-state index is 0.0379. The van der Waals surface area contributed by atoms with Crippen LogP contribution in [0.4, 0.5) is 0 Å². The maximum atomic E-state index is 12.0. The Hall–Kier alpha value is -1.75. The highest BCUT2D eigenvalue weighted by Gasteiger charge is 2.25. The Morgan fingerprint density at radius 2 is 1.52 bits per heavy atom. The number of amides is 1. The highest BCUT2D eigenvalue weighted by molar-refractivity contribution is 5.78. The van der Waals surface area contributed by atoms with Gasteiger partial charge in [-0.05, 0) is 19.5 Å². The zero-order valence-corrected chi connectivity index (χ0v) is 16.5. The molecule has 2 aliphatic heterocycles. The first kappa shape index (κ1) is 25.2. The van der Waals surface area contributed by atoms with Gasteiger partial charge < -0.3 is 30.9 Å². The Morgan fingerprint density at radius 1 is 1.04 bits per heavy atom. The fraction of sp³-hybridized carbons (Fsp3) is 0.824. The predicted molar refractivity (Wildman–Crippen MR) is 101 cm³/mol. The standard InChI is InChI=1S/C13H26N4O2.2C2H4O2/c1-2-16-5-7-17(8-6-16)10-13(19)15-11-3-4-14-9-12(11)18;2*1-2(3)4/h11-12,14,18H,2-10H2,1H3,(H,15,19);2*1H3,(H,3,4)/t11-,12-;;/m1../s1. The number of hydrogen-bond acceptors (Lipinski definition) is 7. The lowest BCUT2D eigenvalue weighted by molar-refractivity contribution is -0.135. The maximum Gasteiger partial charge on any atom is 0.300 e. The van der Waals surface area contributed by atoms with Gasteiger partial charge in [-0.3, -0.25) is 19.3 Å². The summed E-state index contributed by atoms with van der Waals surface area (Å²) < 4.78 is 0. The summed E-state index contributed by atoms with van der Waals surface area (Å²) in [5.74, 6) is -1.63. The van der Waals surface area contributed by atoms with Gasteiger partial charge >= 0.3 is 0 Å². The molecule has 10 nitrogen and oxygen atoms in total. The number of nitrogens with one attached hydrogen (secondary N) is 2. The zero-order valence-electron chi connectivity index (χ0n) is 16.5. The van der Waals surface area contributed by atoms with Crippen molar-refractivity contribution >= 4 is 17.8 Å². The number of piperidine rings is 1. The smallest absolute Gasteiger partial charge is 0.300 e. The summed E-state index contributed by atoms with van der Waals surface area (Å²) in [6.07, 6.45) is 0.339. The SMILES string of the molecule is CC(=O)O.CC(=O)O.CCN1CCN(CC(=O)N[C@@H]2CCNC[C@H]2O)CC1. The molecular formula is C17H34N4O6. The van der Waals surface area contributed by atoms with E-state index >= 15 is 0 Å². The highest BCUT2D eigenvalue weighted by atomic mass is 16.4. The van der Waals surface area contributed by atoms with Gasteiger partial charge in [0.15, 0.2) is 0 Å². The third-order valence-electron chi connectivity index (χ3n) is 4.08. The first-order valence-corrected chi connectivity index (χ1v) is 9.17. The predicted octanol–water partition coefficient (Wildman–Crippen LogP) is -1.36. The van der Waals surface area contributed by atoms with Crippen LogP contribution in [-0.2, 0) is 14.4 Å². The minimum atomic E-state index is -0.833. The summed E-state index contributed by atoms with van der Waals surface area (Å²) in [7, 11) is 0. The molecule has 2 fully saturated rings. The number of piperazine rings is 1. The summed E-state index contributed by atoms with van der Waals surface area (Å²) in [5, 5.41) is 30.7. The van der Waals surface area contributed by atoms with Gasteiger partial charge in [0.1, 0.15) is 0 Å². The molecule has 5 N–H and O–H groups in total. The summed E-state index contributed by atoms with van der Waals surface area (Å²) in [4.78, 5) is 34.6. The number of carbonyl (C=O) groups is 3. The van der Waals surface area contributed by atoms with Crippen LogP contribution in [0.5, 0.6) is 0 Å². The van der Waals surface area contributed by atoms with Gasteiger partial charge in [0.05, 0.1) is 18.7 Å². The topological polar surface area (TPSA) is 142 Å². The normalized spacial score (nSPS) is 23.1. The van der Waals surface area contributed by atoms with E-state index in [1.54, 1.807) is 0 Å². The van der Waals surface area contributed by atoms with Crippen LogP contribution < -0.4 is 10.6 Å². The van der Waals surface area contributed by atoms with Crippen LogP contribution in [0.15, 0.2) is 0 Å². The van der Waals surface area contributed by atoms with Crippen LogP contribution in [0.25, 0.3) is 0 Å². The van der Waals surface area contributed by atoms with Crippen LogP contribution in [0.1, 0.15) is 27.2 Å². The van der Waals surface area contributed by atoms with E-state index in [0.29, 0.717) is 13.1 Å². The number of hydrogen-bond donors (Lipinski definition) is 5. The van der Waals surface area contributed by atoms with E-state index in [2.05, 4.69) is 27.4 Å². The van der Waals surface area contributed by atoms with E-state index in [0.717, 1.165) is 59.5 Å². The van der Waals surface area contributed by atoms with Gasteiger partial charge in [0.2, 0.25) is 5.91 Å². The van der Waals surface area contributed by atoms with Gasteiger partial charge in [-0.1, -0.05) is 6.92 Å². The average Bonchev–Trinajstić information content (AvgIpc) is 2.56. The van der Waals surface area contributed by atoms with Gasteiger partial charge in [-0.15, -0.1) is 0 Å². The molecule has 0 unspecified atom stereocenters. The van der Waals surface area contributed by atoms with Gasteiger partial charge in [-0.25, -0.2) is 0 Å². The van der Waals surface area contributed by atoms with E-state index in [9.17, 15) is 9.90 Å². The molecule has 158 valence electrons. The van der Waals surface area contributed by atoms with E-state index < -0.39 is 18.0 Å². The largest absolute Gasteiger partial charge is 0.481 e. The molecular weight excluding hydrogens is 356 g/mol. The Morgan fingerprint density at radius 3 is 1.96 bits per heavy atom. The molecule has 0 spiro atoms. The monoisotopic (exact) mass is 390 g/mol. The Bertz CT molecular complexity index is 435. The molecule has 27 heavy (non-hydrogen) atoms. The summed E-state index contributed by atoms with van der Waals surface area (Å²) in [6, 6.07) is -0.0920. The first-order valence-electron chi connectivity index (χ1n) is 9.17. The molecule has 0 aromatic rings. The number of β-amino-alcohol motifs (C(OH)–C–C–N with tert-alkyl or cyclic N) is 1. The van der Waals surface area contributed by atoms with E-state index in [1.807, 2.05) is 0 Å². The number of aliphatic hydroxyl groups excluding tert-OH is 1. The first-order chi connectivity index (χ1) is 12.6. The molecule has 0 aliphatic carbocycles. The fourth-order valence-corrected chi connectivity index (χ4v) is 2.73. The number of rotatable bonds is 4. The van der Waals surface area contributed by atoms with E-state index in [-0.39, 0.29) is 11.9 Å². The number of carboxylic acid groups (broad SMARTS) is 2. The van der Waals surface area contributed by atoms with Gasteiger partial charge in [0.25, 0.3) is 11.9 Å². The number of aliphatic carboxylic acids is 2. The Balaban J connectivity index is 0.000000718. The van der Waals surface area contributed by atoms with E-state index in [4.69, 9.17) is 19.8 Å². The summed E-state index contributed by atoms with van der Waals surface area (Å²) in [5.41, 5.74) is 0. The molecule has 1 amide bonds.